The zero-order valence-corrected chi connectivity index (χ0v) is 18.0. The minimum atomic E-state index is -3.61. The molecule has 1 amide bonds. The summed E-state index contributed by atoms with van der Waals surface area (Å²) < 4.78 is 31.2. The minimum absolute atomic E-state index is 0.122. The van der Waals surface area contributed by atoms with E-state index >= 15 is 0 Å². The van der Waals surface area contributed by atoms with Crippen molar-refractivity contribution in [1.82, 2.24) is 5.32 Å². The molecule has 1 rings (SSSR count). The summed E-state index contributed by atoms with van der Waals surface area (Å²) in [4.78, 5) is 12.4. The Kier molecular flexibility index (Phi) is 8.27. The predicted molar refractivity (Wildman–Crippen MR) is 110 cm³/mol. The van der Waals surface area contributed by atoms with E-state index in [4.69, 9.17) is 4.74 Å². The number of sulfonamides is 1. The van der Waals surface area contributed by atoms with Crippen LogP contribution in [0, 0.1) is 0 Å². The fourth-order valence-corrected chi connectivity index (χ4v) is 4.34. The Labute approximate surface area is 161 Å². The Morgan fingerprint density at radius 1 is 1.27 bits per heavy atom. The molecule has 0 fully saturated rings. The molecule has 0 radical (unpaired) electrons. The second kappa shape index (κ2) is 9.50. The Morgan fingerprint density at radius 2 is 1.85 bits per heavy atom. The number of nitrogens with one attached hydrogen (secondary N) is 1. The van der Waals surface area contributed by atoms with Gasteiger partial charge in [-0.2, -0.15) is 11.8 Å². The molecule has 1 atom stereocenters. The van der Waals surface area contributed by atoms with Gasteiger partial charge in [0.1, 0.15) is 11.8 Å². The number of amides is 1. The van der Waals surface area contributed by atoms with Gasteiger partial charge in [0.05, 0.1) is 18.6 Å². The van der Waals surface area contributed by atoms with Crippen molar-refractivity contribution in [2.75, 3.05) is 29.5 Å². The van der Waals surface area contributed by atoms with E-state index < -0.39 is 16.1 Å². The molecule has 0 saturated heterocycles. The molecular formula is C18H30N2O4S2. The van der Waals surface area contributed by atoms with Crippen LogP contribution in [0.25, 0.3) is 0 Å². The van der Waals surface area contributed by atoms with E-state index in [0.29, 0.717) is 24.6 Å². The maximum absolute atomic E-state index is 12.4. The number of hydrogen-bond acceptors (Lipinski definition) is 5. The van der Waals surface area contributed by atoms with E-state index in [9.17, 15) is 13.2 Å². The van der Waals surface area contributed by atoms with Crippen molar-refractivity contribution < 1.29 is 17.9 Å². The van der Waals surface area contributed by atoms with Crippen molar-refractivity contribution in [3.63, 3.8) is 0 Å². The van der Waals surface area contributed by atoms with E-state index in [1.807, 2.05) is 6.92 Å². The SMILES string of the molecule is CCOc1ccc(N([C@H](C)C(=O)NCCSC(C)(C)C)S(C)(=O)=O)cc1. The third kappa shape index (κ3) is 7.45. The van der Waals surface area contributed by atoms with E-state index in [2.05, 4.69) is 26.1 Å². The third-order valence-electron chi connectivity index (χ3n) is 3.43. The monoisotopic (exact) mass is 402 g/mol. The highest BCUT2D eigenvalue weighted by atomic mass is 32.2. The first-order chi connectivity index (χ1) is 12.0. The summed E-state index contributed by atoms with van der Waals surface area (Å²) in [6.45, 7) is 10.8. The molecule has 6 nitrogen and oxygen atoms in total. The smallest absolute Gasteiger partial charge is 0.243 e. The standard InChI is InChI=1S/C18H30N2O4S2/c1-7-24-16-10-8-15(9-11-16)20(26(6,22)23)14(2)17(21)19-12-13-25-18(3,4)5/h8-11,14H,7,12-13H2,1-6H3,(H,19,21)/t14-/m1/s1. The Bertz CT molecular complexity index is 682. The van der Waals surface area contributed by atoms with Crippen molar-refractivity contribution in [2.24, 2.45) is 0 Å². The van der Waals surface area contributed by atoms with Crippen molar-refractivity contribution in [3.8, 4) is 5.75 Å². The van der Waals surface area contributed by atoms with Crippen LogP contribution in [-0.4, -0.2) is 50.3 Å². The van der Waals surface area contributed by atoms with Gasteiger partial charge in [-0.1, -0.05) is 20.8 Å². The van der Waals surface area contributed by atoms with Crippen LogP contribution in [0.15, 0.2) is 24.3 Å². The number of hydrogen-bond donors (Lipinski definition) is 1. The summed E-state index contributed by atoms with van der Waals surface area (Å²) in [5, 5.41) is 2.82. The number of rotatable bonds is 9. The number of ether oxygens (including phenoxy) is 1. The maximum atomic E-state index is 12.4. The lowest BCUT2D eigenvalue weighted by molar-refractivity contribution is -0.121. The lowest BCUT2D eigenvalue weighted by atomic mass is 10.2. The molecule has 0 heterocycles. The van der Waals surface area contributed by atoms with Crippen LogP contribution < -0.4 is 14.4 Å². The van der Waals surface area contributed by atoms with Crippen molar-refractivity contribution >= 4 is 33.4 Å². The van der Waals surface area contributed by atoms with Crippen LogP contribution in [-0.2, 0) is 14.8 Å². The Morgan fingerprint density at radius 3 is 2.31 bits per heavy atom. The second-order valence-corrected chi connectivity index (χ2v) is 10.7. The van der Waals surface area contributed by atoms with Gasteiger partial charge < -0.3 is 10.1 Å². The molecule has 0 bridgehead atoms. The second-order valence-electron chi connectivity index (χ2n) is 6.91. The van der Waals surface area contributed by atoms with Crippen LogP contribution in [0.4, 0.5) is 5.69 Å². The number of thioether (sulfide) groups is 1. The topological polar surface area (TPSA) is 75.7 Å². The van der Waals surface area contributed by atoms with Crippen LogP contribution in [0.5, 0.6) is 5.75 Å². The van der Waals surface area contributed by atoms with Crippen molar-refractivity contribution in [3.05, 3.63) is 24.3 Å². The molecule has 0 aliphatic heterocycles. The van der Waals surface area contributed by atoms with Gasteiger partial charge in [-0.25, -0.2) is 8.42 Å². The first kappa shape index (κ1) is 22.6. The largest absolute Gasteiger partial charge is 0.494 e. The molecule has 1 aromatic carbocycles. The van der Waals surface area contributed by atoms with Gasteiger partial charge in [0, 0.05) is 17.0 Å². The zero-order valence-electron chi connectivity index (χ0n) is 16.4. The van der Waals surface area contributed by atoms with Gasteiger partial charge in [-0.05, 0) is 38.1 Å². The molecular weight excluding hydrogens is 372 g/mol. The summed E-state index contributed by atoms with van der Waals surface area (Å²) in [5.41, 5.74) is 0.433. The first-order valence-electron chi connectivity index (χ1n) is 8.59. The van der Waals surface area contributed by atoms with Gasteiger partial charge in [-0.15, -0.1) is 0 Å². The molecule has 0 unspecified atom stereocenters. The number of carbonyl (C=O) groups excluding carboxylic acids is 1. The predicted octanol–water partition coefficient (Wildman–Crippen LogP) is 2.89. The fourth-order valence-electron chi connectivity index (χ4n) is 2.34. The average Bonchev–Trinajstić information content (AvgIpc) is 2.51. The zero-order chi connectivity index (χ0) is 20.0. The molecule has 26 heavy (non-hydrogen) atoms. The van der Waals surface area contributed by atoms with E-state index in [1.54, 1.807) is 43.0 Å². The molecule has 0 saturated carbocycles. The molecule has 8 heteroatoms. The fraction of sp³-hybridized carbons (Fsp3) is 0.611. The van der Waals surface area contributed by atoms with E-state index in [1.165, 1.54) is 0 Å². The molecule has 0 aromatic heterocycles. The molecule has 0 aliphatic carbocycles. The van der Waals surface area contributed by atoms with Crippen LogP contribution >= 0.6 is 11.8 Å². The number of carbonyl (C=O) groups is 1. The average molecular weight is 403 g/mol. The Balaban J connectivity index is 2.84. The first-order valence-corrected chi connectivity index (χ1v) is 11.4. The van der Waals surface area contributed by atoms with Crippen molar-refractivity contribution in [2.45, 2.75) is 45.4 Å². The quantitative estimate of drug-likeness (QED) is 0.643. The van der Waals surface area contributed by atoms with Gasteiger partial charge in [0.25, 0.3) is 0 Å². The van der Waals surface area contributed by atoms with Gasteiger partial charge in [0.2, 0.25) is 15.9 Å². The van der Waals surface area contributed by atoms with E-state index in [-0.39, 0.29) is 10.7 Å². The highest BCUT2D eigenvalue weighted by Gasteiger charge is 2.29. The van der Waals surface area contributed by atoms with Crippen LogP contribution in [0.2, 0.25) is 0 Å². The normalized spacial score (nSPS) is 13.2. The molecule has 1 aromatic rings. The minimum Gasteiger partial charge on any atom is -0.494 e. The lowest BCUT2D eigenvalue weighted by Crippen LogP contribution is -2.48. The number of nitrogens with zero attached hydrogens (tertiary/aromatic N) is 1. The third-order valence-corrected chi connectivity index (χ3v) is 5.94. The summed E-state index contributed by atoms with van der Waals surface area (Å²) in [5.74, 6) is 1.10. The molecule has 0 spiro atoms. The lowest BCUT2D eigenvalue weighted by Gasteiger charge is -2.28. The van der Waals surface area contributed by atoms with Gasteiger partial charge in [-0.3, -0.25) is 9.10 Å². The van der Waals surface area contributed by atoms with Crippen LogP contribution in [0.3, 0.4) is 0 Å². The summed E-state index contributed by atoms with van der Waals surface area (Å²) in [6, 6.07) is 5.84. The van der Waals surface area contributed by atoms with Crippen molar-refractivity contribution in [1.29, 1.82) is 0 Å². The summed E-state index contributed by atoms with van der Waals surface area (Å²) in [6.07, 6.45) is 1.10. The summed E-state index contributed by atoms with van der Waals surface area (Å²) >= 11 is 1.74. The molecule has 148 valence electrons. The Hall–Kier alpha value is -1.41. The molecule has 1 N–H and O–H groups in total. The van der Waals surface area contributed by atoms with Gasteiger partial charge >= 0.3 is 0 Å². The molecule has 0 aliphatic rings. The maximum Gasteiger partial charge on any atom is 0.243 e. The highest BCUT2D eigenvalue weighted by Crippen LogP contribution is 2.24. The summed E-state index contributed by atoms with van der Waals surface area (Å²) in [7, 11) is -3.61. The number of benzene rings is 1. The van der Waals surface area contributed by atoms with Crippen LogP contribution in [0.1, 0.15) is 34.6 Å². The van der Waals surface area contributed by atoms with E-state index in [0.717, 1.165) is 16.3 Å². The highest BCUT2D eigenvalue weighted by molar-refractivity contribution is 8.00. The van der Waals surface area contributed by atoms with Gasteiger partial charge in [0.15, 0.2) is 0 Å². The number of anilines is 1.